The zero-order chi connectivity index (χ0) is 14.2. The van der Waals surface area contributed by atoms with Gasteiger partial charge in [-0.3, -0.25) is 0 Å². The molecule has 0 aliphatic heterocycles. The molecule has 0 bridgehead atoms. The van der Waals surface area contributed by atoms with Crippen LogP contribution in [0, 0.1) is 0 Å². The van der Waals surface area contributed by atoms with E-state index in [2.05, 4.69) is 0 Å². The summed E-state index contributed by atoms with van der Waals surface area (Å²) >= 11 is 10.4. The summed E-state index contributed by atoms with van der Waals surface area (Å²) in [6.07, 6.45) is 0. The van der Waals surface area contributed by atoms with Crippen molar-refractivity contribution >= 4 is 48.6 Å². The van der Waals surface area contributed by atoms with Gasteiger partial charge in [-0.25, -0.2) is 9.36 Å². The van der Waals surface area contributed by atoms with Crippen LogP contribution in [0.2, 0.25) is 0 Å². The SMILES string of the molecule is O=C(O)C(Cl)(Cl)Cl.O=P(O)(O)O.[O]=[W](=[O])[OH]. The second kappa shape index (κ2) is 9.70. The molecule has 0 unspecified atom stereocenters. The van der Waals surface area contributed by atoms with Crippen LogP contribution in [0.4, 0.5) is 0 Å². The molecule has 0 aromatic rings. The van der Waals surface area contributed by atoms with Gasteiger partial charge in [-0.15, -0.1) is 0 Å². The monoisotopic (exact) mass is 493 g/mol. The van der Waals surface area contributed by atoms with E-state index in [1.54, 1.807) is 0 Å². The van der Waals surface area contributed by atoms with Crippen LogP contribution in [-0.2, 0) is 33.8 Å². The molecule has 0 radical (unpaired) electrons. The molecule has 5 N–H and O–H groups in total. The van der Waals surface area contributed by atoms with Gasteiger partial charge >= 0.3 is 42.0 Å². The molecule has 0 aliphatic rings. The molecule has 9 nitrogen and oxygen atoms in total. The molecule has 0 aromatic heterocycles. The Morgan fingerprint density at radius 2 is 1.19 bits per heavy atom. The molecule has 0 aromatic carbocycles. The van der Waals surface area contributed by atoms with Gasteiger partial charge in [0.15, 0.2) is 0 Å². The van der Waals surface area contributed by atoms with Gasteiger partial charge in [0, 0.05) is 0 Å². The third-order valence-corrected chi connectivity index (χ3v) is 0.728. The fraction of sp³-hybridized carbons (Fsp3) is 0.500. The van der Waals surface area contributed by atoms with E-state index in [9.17, 15) is 4.79 Å². The number of hydrogen-bond acceptors (Lipinski definition) is 4. The van der Waals surface area contributed by atoms with Gasteiger partial charge in [-0.05, 0) is 0 Å². The fourth-order valence-electron chi connectivity index (χ4n) is 0. The van der Waals surface area contributed by atoms with Gasteiger partial charge in [0.25, 0.3) is 3.79 Å². The van der Waals surface area contributed by atoms with Crippen LogP contribution < -0.4 is 0 Å². The van der Waals surface area contributed by atoms with Crippen molar-refractivity contribution in [2.24, 2.45) is 0 Å². The summed E-state index contributed by atoms with van der Waals surface area (Å²) in [5.41, 5.74) is 0. The molecule has 0 amide bonds. The summed E-state index contributed by atoms with van der Waals surface area (Å²) in [6, 6.07) is 0. The fourth-order valence-corrected chi connectivity index (χ4v) is 0. The molecule has 0 fully saturated rings. The predicted molar refractivity (Wildman–Crippen MR) is 45.8 cm³/mol. The number of carbonyl (C=O) groups is 1. The minimum absolute atomic E-state index is 1.46. The Morgan fingerprint density at radius 1 is 1.12 bits per heavy atom. The van der Waals surface area contributed by atoms with Crippen LogP contribution in [0.15, 0.2) is 0 Å². The minimum atomic E-state index is -4.64. The number of carboxylic acid groups (broad SMARTS) is 1. The molecule has 0 heterocycles. The number of hydrogen-bond donors (Lipinski definition) is 5. The Morgan fingerprint density at radius 3 is 1.19 bits per heavy atom. The van der Waals surface area contributed by atoms with E-state index < -0.39 is 35.2 Å². The standard InChI is InChI=1S/C2HCl3O2.H3O4P.H2O.2O.W/c3-2(4,5)1(6)7;1-5(2,3)4;;;;/h(H,6,7);(H3,1,2,3,4);1H2;;;/q;;;;;+1/p-1. The van der Waals surface area contributed by atoms with Crippen molar-refractivity contribution < 1.29 is 57.3 Å². The van der Waals surface area contributed by atoms with Crippen LogP contribution in [0.5, 0.6) is 0 Å². The van der Waals surface area contributed by atoms with E-state index in [-0.39, 0.29) is 0 Å². The molecule has 0 atom stereocenters. The van der Waals surface area contributed by atoms with Crippen molar-refractivity contribution in [3.63, 3.8) is 0 Å². The van der Waals surface area contributed by atoms with Crippen LogP contribution in [0.3, 0.4) is 0 Å². The van der Waals surface area contributed by atoms with Crippen LogP contribution >= 0.6 is 42.6 Å². The average Bonchev–Trinajstić information content (AvgIpc) is 1.77. The zero-order valence-electron chi connectivity index (χ0n) is 6.86. The van der Waals surface area contributed by atoms with Crippen molar-refractivity contribution in [3.05, 3.63) is 0 Å². The summed E-state index contributed by atoms with van der Waals surface area (Å²) in [6.45, 7) is 0. The maximum atomic E-state index is 9.62. The van der Waals surface area contributed by atoms with Crippen molar-refractivity contribution in [1.82, 2.24) is 0 Å². The van der Waals surface area contributed by atoms with Crippen molar-refractivity contribution in [3.8, 4) is 0 Å². The quantitative estimate of drug-likeness (QED) is 0.225. The number of aliphatic carboxylic acids is 1. The van der Waals surface area contributed by atoms with Gasteiger partial charge in [0.05, 0.1) is 0 Å². The van der Waals surface area contributed by atoms with Gasteiger partial charge in [-0.2, -0.15) is 0 Å². The molecule has 0 saturated carbocycles. The first-order valence-electron chi connectivity index (χ1n) is 2.54. The molecule has 16 heavy (non-hydrogen) atoms. The third-order valence-electron chi connectivity index (χ3n) is 0.243. The normalized spacial score (nSPS) is 10.2. The summed E-state index contributed by atoms with van der Waals surface area (Å²) < 4.78 is 31.3. The Hall–Kier alpha value is 0.698. The molecule has 14 heteroatoms. The van der Waals surface area contributed by atoms with Gasteiger partial charge < -0.3 is 19.8 Å². The Labute approximate surface area is 109 Å². The van der Waals surface area contributed by atoms with Crippen molar-refractivity contribution in [2.45, 2.75) is 3.79 Å². The Balaban J connectivity index is -0.000000166. The molecule has 0 spiro atoms. The topological polar surface area (TPSA) is 169 Å². The third kappa shape index (κ3) is 61.5. The summed E-state index contributed by atoms with van der Waals surface area (Å²) in [5.74, 6) is -1.46. The first kappa shape index (κ1) is 21.9. The molecular formula is C2H5Cl3O9PW. The molecule has 0 saturated heterocycles. The molecule has 0 rings (SSSR count). The predicted octanol–water partition coefficient (Wildman–Crippen LogP) is -0.285. The van der Waals surface area contributed by atoms with Gasteiger partial charge in [0.1, 0.15) is 0 Å². The second-order valence-electron chi connectivity index (χ2n) is 1.53. The molecule has 0 aliphatic carbocycles. The van der Waals surface area contributed by atoms with Crippen molar-refractivity contribution in [1.29, 1.82) is 0 Å². The zero-order valence-corrected chi connectivity index (χ0v) is 13.0. The maximum absolute atomic E-state index is 9.62. The number of carboxylic acids is 1. The van der Waals surface area contributed by atoms with E-state index in [1.165, 1.54) is 0 Å². The summed E-state index contributed by atoms with van der Waals surface area (Å²) in [7, 11) is -4.64. The van der Waals surface area contributed by atoms with E-state index in [1.807, 2.05) is 0 Å². The first-order valence-corrected chi connectivity index (χ1v) is 8.95. The molecular weight excluding hydrogens is 489 g/mol. The van der Waals surface area contributed by atoms with E-state index in [4.69, 9.17) is 69.7 Å². The van der Waals surface area contributed by atoms with Crippen LogP contribution in [0.25, 0.3) is 0 Å². The summed E-state index contributed by atoms with van der Waals surface area (Å²) in [4.78, 5) is 31.2. The van der Waals surface area contributed by atoms with Crippen molar-refractivity contribution in [2.75, 3.05) is 0 Å². The number of rotatable bonds is 0. The van der Waals surface area contributed by atoms with Crippen LogP contribution in [0.1, 0.15) is 0 Å². The van der Waals surface area contributed by atoms with E-state index in [0.29, 0.717) is 0 Å². The number of phosphoric acid groups is 1. The number of alkyl halides is 3. The first-order chi connectivity index (χ1) is 6.68. The Kier molecular flexibility index (Phi) is 13.3. The average molecular weight is 494 g/mol. The van der Waals surface area contributed by atoms with Crippen LogP contribution in [-0.4, -0.2) is 33.3 Å². The second-order valence-corrected chi connectivity index (χ2v) is 6.40. The summed E-state index contributed by atoms with van der Waals surface area (Å²) in [5, 5.41) is 7.85. The van der Waals surface area contributed by atoms with E-state index >= 15 is 0 Å². The van der Waals surface area contributed by atoms with E-state index in [0.717, 1.165) is 0 Å². The molecule has 99 valence electrons. The van der Waals surface area contributed by atoms with Gasteiger partial charge in [-0.1, -0.05) is 34.8 Å². The Bertz CT molecular complexity index is 297. The number of halogens is 3. The van der Waals surface area contributed by atoms with Gasteiger partial charge in [0.2, 0.25) is 0 Å².